The first-order valence-electron chi connectivity index (χ1n) is 14.3. The molecule has 2 rings (SSSR count). The number of ether oxygens (including phenoxy) is 4. The molecule has 0 aromatic heterocycles. The van der Waals surface area contributed by atoms with Gasteiger partial charge in [0.25, 0.3) is 5.95 Å². The van der Waals surface area contributed by atoms with Crippen LogP contribution in [0.5, 0.6) is 0 Å². The summed E-state index contributed by atoms with van der Waals surface area (Å²) >= 11 is 0. The first kappa shape index (κ1) is 35.8. The lowest BCUT2D eigenvalue weighted by Gasteiger charge is -2.41. The number of nitrogens with one attached hydrogen (secondary N) is 1. The van der Waals surface area contributed by atoms with E-state index in [4.69, 9.17) is 48.7 Å². The van der Waals surface area contributed by atoms with Gasteiger partial charge < -0.3 is 38.2 Å². The van der Waals surface area contributed by atoms with Crippen LogP contribution >= 0.6 is 7.49 Å². The van der Waals surface area contributed by atoms with E-state index in [1.165, 1.54) is 0 Å². The fourth-order valence-corrected chi connectivity index (χ4v) is 7.56. The van der Waals surface area contributed by atoms with Crippen molar-refractivity contribution < 1.29 is 32.4 Å². The van der Waals surface area contributed by atoms with E-state index in [2.05, 4.69) is 64.8 Å². The highest BCUT2D eigenvalue weighted by Gasteiger charge is 2.50. The summed E-state index contributed by atoms with van der Waals surface area (Å²) in [5.41, 5.74) is 6.40. The molecule has 2 fully saturated rings. The Bertz CT molecular complexity index is 995. The lowest BCUT2D eigenvalue weighted by atomic mass is 9.98. The molecule has 0 spiro atoms. The topological polar surface area (TPSA) is 150 Å². The zero-order chi connectivity index (χ0) is 31.0. The first-order valence-corrected chi connectivity index (χ1v) is 19.0. The fraction of sp³-hybridized carbons (Fsp3) is 0.821. The van der Waals surface area contributed by atoms with Crippen molar-refractivity contribution in [2.75, 3.05) is 26.4 Å². The van der Waals surface area contributed by atoms with Crippen LogP contribution in [0, 0.1) is 28.6 Å². The predicted octanol–water partition coefficient (Wildman–Crippen LogP) is 4.43. The zero-order valence-corrected chi connectivity index (χ0v) is 27.9. The molecule has 0 radical (unpaired) electrons. The maximum atomic E-state index is 9.14. The molecular weight excluding hydrogens is 563 g/mol. The van der Waals surface area contributed by atoms with Gasteiger partial charge in [-0.3, -0.25) is 0 Å². The molecule has 0 aromatic carbocycles. The molecule has 234 valence electrons. The second kappa shape index (κ2) is 15.3. The molecule has 41 heavy (non-hydrogen) atoms. The van der Waals surface area contributed by atoms with Crippen LogP contribution in [0.1, 0.15) is 54.4 Å². The van der Waals surface area contributed by atoms with Crippen LogP contribution in [-0.2, 0) is 32.4 Å². The number of nitrogens with zero attached hydrogens (tertiary/aromatic N) is 2. The van der Waals surface area contributed by atoms with Crippen LogP contribution in [0.15, 0.2) is 12.5 Å². The van der Waals surface area contributed by atoms with E-state index >= 15 is 0 Å². The van der Waals surface area contributed by atoms with E-state index in [1.54, 1.807) is 0 Å². The normalized spacial score (nSPS) is 31.7. The minimum Gasteiger partial charge on any atom is -0.465 e. The van der Waals surface area contributed by atoms with Crippen LogP contribution in [-0.4, -0.2) is 83.6 Å². The molecule has 3 unspecified atom stereocenters. The van der Waals surface area contributed by atoms with E-state index in [-0.39, 0.29) is 86.6 Å². The Labute approximate surface area is 247 Å². The lowest BCUT2D eigenvalue weighted by Crippen LogP contribution is -2.53. The Morgan fingerprint density at radius 1 is 0.976 bits per heavy atom. The molecule has 2 heterocycles. The summed E-state index contributed by atoms with van der Waals surface area (Å²) < 4.78 is 42.9. The predicted molar refractivity (Wildman–Crippen MR) is 162 cm³/mol. The van der Waals surface area contributed by atoms with Gasteiger partial charge in [-0.25, -0.2) is 5.09 Å². The summed E-state index contributed by atoms with van der Waals surface area (Å²) in [6, 6.07) is 3.52. The maximum Gasteiger partial charge on any atom is 0.271 e. The van der Waals surface area contributed by atoms with Gasteiger partial charge in [-0.1, -0.05) is 27.7 Å². The monoisotopic (exact) mass is 614 g/mol. The van der Waals surface area contributed by atoms with E-state index in [0.717, 1.165) is 0 Å². The zero-order valence-electron chi connectivity index (χ0n) is 26.1. The van der Waals surface area contributed by atoms with E-state index in [0.29, 0.717) is 0 Å². The van der Waals surface area contributed by atoms with Gasteiger partial charge in [-0.2, -0.15) is 10.5 Å². The molecule has 0 aliphatic carbocycles. The second-order valence-corrected chi connectivity index (χ2v) is 19.2. The third-order valence-electron chi connectivity index (χ3n) is 8.20. The van der Waals surface area contributed by atoms with Crippen LogP contribution in [0.4, 0.5) is 0 Å². The molecule has 2 aliphatic rings. The summed E-state index contributed by atoms with van der Waals surface area (Å²) in [6.07, 6.45) is 3.35. The van der Waals surface area contributed by atoms with Crippen molar-refractivity contribution in [1.29, 1.82) is 10.5 Å². The number of rotatable bonds is 16. The van der Waals surface area contributed by atoms with Crippen LogP contribution < -0.4 is 10.8 Å². The Morgan fingerprint density at radius 2 is 1.59 bits per heavy atom. The van der Waals surface area contributed by atoms with Gasteiger partial charge in [0.15, 0.2) is 15.8 Å². The van der Waals surface area contributed by atoms with Crippen LogP contribution in [0.3, 0.4) is 0 Å². The van der Waals surface area contributed by atoms with Crippen LogP contribution in [0.25, 0.3) is 0 Å². The Kier molecular flexibility index (Phi) is 13.4. The first-order chi connectivity index (χ1) is 19.0. The molecule has 2 saturated heterocycles. The number of nitrogens with two attached hydrogens (primary N) is 1. The molecule has 3 N–H and O–H groups in total. The van der Waals surface area contributed by atoms with Crippen molar-refractivity contribution >= 4 is 22.1 Å². The SMILES string of the molecule is C=C(OCCC#N)OC[C@H]1O[C@@H](C)C(O[Si](C)(C)C(C)(C)C)[C@H]1NP(=C)(OCCC#N)OC[C@H]1O[C@@H](C)C(C)[C@H]1N. The molecule has 9 atom stereocenters. The van der Waals surface area contributed by atoms with Crippen LogP contribution in [0.2, 0.25) is 18.1 Å². The third kappa shape index (κ3) is 10.1. The summed E-state index contributed by atoms with van der Waals surface area (Å²) in [4.78, 5) is 0. The molecule has 0 bridgehead atoms. The van der Waals surface area contributed by atoms with Crippen molar-refractivity contribution in [1.82, 2.24) is 5.09 Å². The van der Waals surface area contributed by atoms with Gasteiger partial charge in [-0.15, -0.1) is 0 Å². The molecule has 0 amide bonds. The van der Waals surface area contributed by atoms with Gasteiger partial charge in [0, 0.05) is 6.04 Å². The highest BCUT2D eigenvalue weighted by Crippen LogP contribution is 2.48. The van der Waals surface area contributed by atoms with Crippen molar-refractivity contribution in [2.24, 2.45) is 11.7 Å². The van der Waals surface area contributed by atoms with Crippen molar-refractivity contribution in [3.63, 3.8) is 0 Å². The van der Waals surface area contributed by atoms with Gasteiger partial charge in [0.1, 0.15) is 19.3 Å². The number of hydrogen-bond donors (Lipinski definition) is 2. The standard InChI is InChI=1S/C28H51N4O7PSi/c1-19-20(2)37-23(25(19)31)18-36-40(8,35-16-12-14-30)32-26-24(17-34-22(4)33-15-11-13-29)38-21(3)27(26)39-41(9,10)28(5,6)7/h19-21,23-27,32H,4,8,11-12,15-18,31H2,1-3,5-7,9-10H3/t19?,20-,21-,23+,24+,25+,26-,27?,40?/m0/s1. The van der Waals surface area contributed by atoms with E-state index in [9.17, 15) is 0 Å². The Balaban J connectivity index is 2.30. The summed E-state index contributed by atoms with van der Waals surface area (Å²) in [5, 5.41) is 21.4. The minimum absolute atomic E-state index is 0.0140. The van der Waals surface area contributed by atoms with Crippen molar-refractivity contribution in [3.8, 4) is 12.1 Å². The van der Waals surface area contributed by atoms with Gasteiger partial charge in [0.05, 0.1) is 68.7 Å². The molecular formula is C28H51N4O7PSi. The molecule has 11 nitrogen and oxygen atoms in total. The smallest absolute Gasteiger partial charge is 0.271 e. The Morgan fingerprint density at radius 3 is 2.15 bits per heavy atom. The quantitative estimate of drug-likeness (QED) is 0.110. The minimum atomic E-state index is -3.02. The second-order valence-electron chi connectivity index (χ2n) is 12.3. The fourth-order valence-electron chi connectivity index (χ4n) is 4.42. The van der Waals surface area contributed by atoms with Crippen molar-refractivity contribution in [3.05, 3.63) is 12.5 Å². The van der Waals surface area contributed by atoms with E-state index in [1.807, 2.05) is 19.9 Å². The average Bonchev–Trinajstić information content (AvgIpc) is 3.30. The third-order valence-corrected chi connectivity index (χ3v) is 14.5. The average molecular weight is 615 g/mol. The Hall–Kier alpha value is -1.44. The molecule has 13 heteroatoms. The largest absolute Gasteiger partial charge is 0.465 e. The summed E-state index contributed by atoms with van der Waals surface area (Å²) in [5.74, 6) is 0.293. The lowest BCUT2D eigenvalue weighted by molar-refractivity contribution is -0.0371. The molecule has 2 aliphatic heterocycles. The summed E-state index contributed by atoms with van der Waals surface area (Å²) in [6.45, 7) is 21.4. The highest BCUT2D eigenvalue weighted by atomic mass is 31.2. The van der Waals surface area contributed by atoms with Gasteiger partial charge in [-0.05, 0) is 50.8 Å². The van der Waals surface area contributed by atoms with Gasteiger partial charge >= 0.3 is 0 Å². The number of hydrogen-bond acceptors (Lipinski definition) is 11. The molecule has 0 saturated carbocycles. The van der Waals surface area contributed by atoms with Crippen molar-refractivity contribution in [2.45, 2.75) is 115 Å². The molecule has 0 aromatic rings. The van der Waals surface area contributed by atoms with Gasteiger partial charge in [0.2, 0.25) is 0 Å². The maximum absolute atomic E-state index is 9.14. The highest BCUT2D eigenvalue weighted by molar-refractivity contribution is 7.62. The summed E-state index contributed by atoms with van der Waals surface area (Å²) in [7, 11) is -5.24. The van der Waals surface area contributed by atoms with E-state index < -0.39 is 28.0 Å². The number of nitriles is 2.